The molecule has 0 spiro atoms. The lowest BCUT2D eigenvalue weighted by molar-refractivity contribution is -0.274. The van der Waals surface area contributed by atoms with Crippen LogP contribution in [-0.2, 0) is 11.3 Å². The summed E-state index contributed by atoms with van der Waals surface area (Å²) < 4.78 is 48.3. The molecule has 0 unspecified atom stereocenters. The second-order valence-electron chi connectivity index (χ2n) is 7.97. The van der Waals surface area contributed by atoms with Crippen molar-refractivity contribution < 1.29 is 32.2 Å². The number of alkyl halides is 3. The number of carbonyl (C=O) groups is 2. The molecule has 3 heterocycles. The molecule has 0 aliphatic rings. The van der Waals surface area contributed by atoms with E-state index in [1.807, 2.05) is 0 Å². The minimum Gasteiger partial charge on any atom is -0.480 e. The van der Waals surface area contributed by atoms with Crippen LogP contribution in [0.3, 0.4) is 0 Å². The molecule has 192 valence electrons. The minimum atomic E-state index is -4.82. The third kappa shape index (κ3) is 6.12. The Hall–Kier alpha value is -4.68. The molecule has 0 atom stereocenters. The Bertz CT molecular complexity index is 1470. The number of carbonyl (C=O) groups excluding carboxylic acids is 2. The van der Waals surface area contributed by atoms with Gasteiger partial charge in [0.25, 0.3) is 5.91 Å². The number of ether oxygens (including phenoxy) is 2. The van der Waals surface area contributed by atoms with Crippen LogP contribution in [0.15, 0.2) is 54.9 Å². The average Bonchev–Trinajstić information content (AvgIpc) is 3.23. The average molecular weight is 514 g/mol. The summed E-state index contributed by atoms with van der Waals surface area (Å²) in [5.41, 5.74) is 2.05. The Balaban J connectivity index is 1.59. The van der Waals surface area contributed by atoms with Crippen LogP contribution in [0.1, 0.15) is 22.8 Å². The highest BCUT2D eigenvalue weighted by atomic mass is 19.4. The molecule has 1 N–H and O–H groups in total. The van der Waals surface area contributed by atoms with Crippen LogP contribution in [0, 0.1) is 0 Å². The van der Waals surface area contributed by atoms with Crippen molar-refractivity contribution in [1.29, 1.82) is 0 Å². The van der Waals surface area contributed by atoms with Crippen molar-refractivity contribution in [2.75, 3.05) is 19.5 Å². The van der Waals surface area contributed by atoms with Crippen molar-refractivity contribution in [2.24, 2.45) is 0 Å². The topological polar surface area (TPSA) is 111 Å². The maximum absolute atomic E-state index is 13.3. The molecule has 3 aromatic heterocycles. The maximum Gasteiger partial charge on any atom is 0.573 e. The van der Waals surface area contributed by atoms with E-state index in [0.717, 1.165) is 0 Å². The zero-order valence-corrected chi connectivity index (χ0v) is 19.9. The Kier molecular flexibility index (Phi) is 6.96. The van der Waals surface area contributed by atoms with Crippen LogP contribution in [0.25, 0.3) is 16.9 Å². The fraction of sp³-hybridized carbons (Fsp3) is 0.208. The molecule has 1 aromatic carbocycles. The number of hydrogen-bond donors (Lipinski definition) is 1. The number of aromatic nitrogens is 4. The number of fused-ring (bicyclic) bond motifs is 1. The highest BCUT2D eigenvalue weighted by Crippen LogP contribution is 2.27. The van der Waals surface area contributed by atoms with Crippen molar-refractivity contribution in [2.45, 2.75) is 19.8 Å². The van der Waals surface area contributed by atoms with Gasteiger partial charge >= 0.3 is 6.36 Å². The van der Waals surface area contributed by atoms with Gasteiger partial charge in [-0.25, -0.2) is 14.5 Å². The monoisotopic (exact) mass is 514 g/mol. The van der Waals surface area contributed by atoms with E-state index in [1.165, 1.54) is 54.9 Å². The van der Waals surface area contributed by atoms with Gasteiger partial charge in [-0.15, -0.1) is 13.2 Å². The van der Waals surface area contributed by atoms with Gasteiger partial charge in [-0.05, 0) is 35.9 Å². The lowest BCUT2D eigenvalue weighted by Gasteiger charge is -2.19. The Labute approximate surface area is 208 Å². The van der Waals surface area contributed by atoms with E-state index in [-0.39, 0.29) is 29.6 Å². The predicted octanol–water partition coefficient (Wildman–Crippen LogP) is 3.93. The highest BCUT2D eigenvalue weighted by molar-refractivity contribution is 5.97. The van der Waals surface area contributed by atoms with Gasteiger partial charge in [0.1, 0.15) is 11.3 Å². The molecule has 10 nitrogen and oxygen atoms in total. The minimum absolute atomic E-state index is 0.00639. The van der Waals surface area contributed by atoms with Gasteiger partial charge < -0.3 is 19.7 Å². The molecule has 0 aliphatic heterocycles. The van der Waals surface area contributed by atoms with Crippen molar-refractivity contribution in [3.63, 3.8) is 0 Å². The van der Waals surface area contributed by atoms with Gasteiger partial charge in [0.2, 0.25) is 11.8 Å². The number of hydrogen-bond acceptors (Lipinski definition) is 7. The molecule has 0 aliphatic carbocycles. The van der Waals surface area contributed by atoms with Gasteiger partial charge in [0.05, 0.1) is 19.0 Å². The number of pyridine rings is 1. The third-order valence-corrected chi connectivity index (χ3v) is 5.09. The number of amides is 2. The molecule has 4 aromatic rings. The Morgan fingerprint density at radius 1 is 1.16 bits per heavy atom. The molecule has 13 heteroatoms. The second kappa shape index (κ2) is 10.1. The summed E-state index contributed by atoms with van der Waals surface area (Å²) in [6, 6.07) is 10.3. The van der Waals surface area contributed by atoms with Crippen molar-refractivity contribution in [1.82, 2.24) is 24.5 Å². The van der Waals surface area contributed by atoms with Crippen molar-refractivity contribution in [3.05, 3.63) is 66.0 Å². The molecule has 2 amide bonds. The number of nitrogens with zero attached hydrogens (tertiary/aromatic N) is 5. The smallest absolute Gasteiger partial charge is 0.480 e. The van der Waals surface area contributed by atoms with Crippen LogP contribution in [0.2, 0.25) is 0 Å². The SMILES string of the molecule is COc1ncc(-c2ccc3nc(NC(C)=O)cn3n2)cc1C(=O)N(C)Cc1cccc(OC(F)(F)F)c1. The van der Waals surface area contributed by atoms with Gasteiger partial charge in [-0.1, -0.05) is 12.1 Å². The first-order chi connectivity index (χ1) is 17.5. The van der Waals surface area contributed by atoms with Crippen LogP contribution in [-0.4, -0.2) is 56.8 Å². The predicted molar refractivity (Wildman–Crippen MR) is 126 cm³/mol. The first kappa shape index (κ1) is 25.4. The molecule has 0 saturated carbocycles. The van der Waals surface area contributed by atoms with E-state index in [4.69, 9.17) is 4.74 Å². The van der Waals surface area contributed by atoms with Gasteiger partial charge in [0, 0.05) is 32.3 Å². The quantitative estimate of drug-likeness (QED) is 0.398. The Morgan fingerprint density at radius 3 is 2.65 bits per heavy atom. The summed E-state index contributed by atoms with van der Waals surface area (Å²) in [5, 5.41) is 7.06. The van der Waals surface area contributed by atoms with Crippen molar-refractivity contribution >= 4 is 23.3 Å². The molecule has 37 heavy (non-hydrogen) atoms. The van der Waals surface area contributed by atoms with Crippen LogP contribution >= 0.6 is 0 Å². The van der Waals surface area contributed by atoms with E-state index in [0.29, 0.717) is 28.3 Å². The van der Waals surface area contributed by atoms with Crippen LogP contribution < -0.4 is 14.8 Å². The van der Waals surface area contributed by atoms with Gasteiger partial charge in [-0.3, -0.25) is 9.59 Å². The zero-order chi connectivity index (χ0) is 26.7. The summed E-state index contributed by atoms with van der Waals surface area (Å²) >= 11 is 0. The largest absolute Gasteiger partial charge is 0.573 e. The summed E-state index contributed by atoms with van der Waals surface area (Å²) in [5.74, 6) is -0.701. The summed E-state index contributed by atoms with van der Waals surface area (Å²) in [7, 11) is 2.88. The molecule has 4 rings (SSSR count). The van der Waals surface area contributed by atoms with E-state index in [1.54, 1.807) is 30.5 Å². The van der Waals surface area contributed by atoms with Crippen LogP contribution in [0.5, 0.6) is 11.6 Å². The normalized spacial score (nSPS) is 11.3. The number of rotatable bonds is 7. The van der Waals surface area contributed by atoms with E-state index in [9.17, 15) is 22.8 Å². The third-order valence-electron chi connectivity index (χ3n) is 5.09. The Morgan fingerprint density at radius 2 is 1.95 bits per heavy atom. The molecule has 0 bridgehead atoms. The molecular formula is C24H21F3N6O4. The molecule has 0 saturated heterocycles. The summed E-state index contributed by atoms with van der Waals surface area (Å²) in [6.45, 7) is 1.38. The fourth-order valence-corrected chi connectivity index (χ4v) is 3.58. The van der Waals surface area contributed by atoms with Crippen LogP contribution in [0.4, 0.5) is 19.0 Å². The number of halogens is 3. The van der Waals surface area contributed by atoms with Gasteiger partial charge in [0.15, 0.2) is 11.5 Å². The lowest BCUT2D eigenvalue weighted by Crippen LogP contribution is -2.27. The highest BCUT2D eigenvalue weighted by Gasteiger charge is 2.31. The number of anilines is 1. The van der Waals surface area contributed by atoms with Gasteiger partial charge in [-0.2, -0.15) is 5.10 Å². The lowest BCUT2D eigenvalue weighted by atomic mass is 10.1. The number of nitrogens with one attached hydrogen (secondary N) is 1. The molecule has 0 radical (unpaired) electrons. The number of imidazole rings is 1. The van der Waals surface area contributed by atoms with Crippen molar-refractivity contribution in [3.8, 4) is 22.9 Å². The van der Waals surface area contributed by atoms with E-state index in [2.05, 4.69) is 25.1 Å². The molecular weight excluding hydrogens is 493 g/mol. The number of benzene rings is 1. The first-order valence-corrected chi connectivity index (χ1v) is 10.8. The zero-order valence-electron chi connectivity index (χ0n) is 19.9. The summed E-state index contributed by atoms with van der Waals surface area (Å²) in [6.07, 6.45) is -1.78. The maximum atomic E-state index is 13.3. The fourth-order valence-electron chi connectivity index (χ4n) is 3.58. The second-order valence-corrected chi connectivity index (χ2v) is 7.97. The van der Waals surface area contributed by atoms with E-state index >= 15 is 0 Å². The first-order valence-electron chi connectivity index (χ1n) is 10.8. The number of methoxy groups -OCH3 is 1. The van der Waals surface area contributed by atoms with E-state index < -0.39 is 12.3 Å². The standard InChI is InChI=1S/C24H21F3N6O4/c1-14(34)29-20-13-33-21(30-20)8-7-19(31-33)16-10-18(22(36-3)28-11-16)23(35)32(2)12-15-5-4-6-17(9-15)37-24(25,26)27/h4-11,13H,12H2,1-3H3,(H,29,34). The molecule has 0 fully saturated rings. The summed E-state index contributed by atoms with van der Waals surface area (Å²) in [4.78, 5) is 34.4.